The van der Waals surface area contributed by atoms with Crippen LogP contribution in [0.25, 0.3) is 0 Å². The van der Waals surface area contributed by atoms with Gasteiger partial charge in [-0.05, 0) is 6.42 Å². The number of imide groups is 1. The zero-order chi connectivity index (χ0) is 18.9. The molecule has 0 spiro atoms. The molecule has 0 unspecified atom stereocenters. The Balaban J connectivity index is 1.64. The maximum Gasteiger partial charge on any atom is 0.262 e. The van der Waals surface area contributed by atoms with Crippen LogP contribution in [0.3, 0.4) is 0 Å². The van der Waals surface area contributed by atoms with Crippen LogP contribution in [-0.2, 0) is 31.5 Å². The van der Waals surface area contributed by atoms with Crippen molar-refractivity contribution < 1.29 is 22.8 Å². The Morgan fingerprint density at radius 2 is 1.81 bits per heavy atom. The van der Waals surface area contributed by atoms with Crippen molar-refractivity contribution in [3.8, 4) is 0 Å². The van der Waals surface area contributed by atoms with Crippen LogP contribution in [0.2, 0.25) is 0 Å². The summed E-state index contributed by atoms with van der Waals surface area (Å²) in [6, 6.07) is 0. The molecule has 1 aromatic heterocycles. The molecule has 0 aliphatic carbocycles. The molecule has 3 heterocycles. The van der Waals surface area contributed by atoms with E-state index in [1.807, 2.05) is 0 Å². The Kier molecular flexibility index (Phi) is 5.10. The summed E-state index contributed by atoms with van der Waals surface area (Å²) in [5, 5.41) is -0.0203. The number of rotatable bonds is 4. The first-order valence-corrected chi connectivity index (χ1v) is 9.82. The topological polar surface area (TPSA) is 113 Å². The smallest absolute Gasteiger partial charge is 0.262 e. The van der Waals surface area contributed by atoms with Gasteiger partial charge < -0.3 is 9.47 Å². The summed E-state index contributed by atoms with van der Waals surface area (Å²) in [5.74, 6) is -1.01. The number of sulfonamides is 1. The first-order valence-electron chi connectivity index (χ1n) is 8.38. The summed E-state index contributed by atoms with van der Waals surface area (Å²) in [7, 11) is -2.02. The van der Waals surface area contributed by atoms with Crippen molar-refractivity contribution in [2.45, 2.75) is 24.3 Å². The fourth-order valence-electron chi connectivity index (χ4n) is 3.07. The van der Waals surface area contributed by atoms with Gasteiger partial charge in [0.1, 0.15) is 6.54 Å². The van der Waals surface area contributed by atoms with Crippen LogP contribution < -0.4 is 0 Å². The zero-order valence-electron chi connectivity index (χ0n) is 14.5. The van der Waals surface area contributed by atoms with Crippen LogP contribution in [0.4, 0.5) is 0 Å². The van der Waals surface area contributed by atoms with E-state index >= 15 is 0 Å². The molecule has 3 amide bonds. The number of hydrogen-bond acceptors (Lipinski definition) is 6. The molecule has 26 heavy (non-hydrogen) atoms. The first-order chi connectivity index (χ1) is 12.3. The average molecular weight is 383 g/mol. The van der Waals surface area contributed by atoms with Crippen molar-refractivity contribution >= 4 is 27.7 Å². The van der Waals surface area contributed by atoms with Crippen molar-refractivity contribution in [2.75, 3.05) is 32.7 Å². The van der Waals surface area contributed by atoms with Gasteiger partial charge in [0.15, 0.2) is 5.03 Å². The molecule has 11 heteroatoms. The number of carbonyl (C=O) groups excluding carboxylic acids is 3. The van der Waals surface area contributed by atoms with E-state index in [0.29, 0.717) is 13.0 Å². The third-order valence-electron chi connectivity index (χ3n) is 4.54. The van der Waals surface area contributed by atoms with Crippen LogP contribution in [0.15, 0.2) is 17.6 Å². The minimum absolute atomic E-state index is 0.0203. The molecule has 2 saturated heterocycles. The Bertz CT molecular complexity index is 817. The molecule has 10 nitrogen and oxygen atoms in total. The second-order valence-electron chi connectivity index (χ2n) is 6.39. The maximum absolute atomic E-state index is 12.6. The van der Waals surface area contributed by atoms with Crippen LogP contribution in [-0.4, -0.2) is 82.5 Å². The molecular weight excluding hydrogens is 362 g/mol. The Hall–Kier alpha value is -2.27. The van der Waals surface area contributed by atoms with Crippen LogP contribution in [0, 0.1) is 0 Å². The summed E-state index contributed by atoms with van der Waals surface area (Å²) in [6.45, 7) is 0.742. The highest BCUT2D eigenvalue weighted by molar-refractivity contribution is 7.89. The van der Waals surface area contributed by atoms with Gasteiger partial charge in [-0.15, -0.1) is 0 Å². The third kappa shape index (κ3) is 3.63. The van der Waals surface area contributed by atoms with E-state index in [2.05, 4.69) is 4.98 Å². The molecule has 0 bridgehead atoms. The second-order valence-corrected chi connectivity index (χ2v) is 8.27. The highest BCUT2D eigenvalue weighted by Gasteiger charge is 2.33. The van der Waals surface area contributed by atoms with Crippen LogP contribution >= 0.6 is 0 Å². The lowest BCUT2D eigenvalue weighted by molar-refractivity contribution is -0.145. The largest absolute Gasteiger partial charge is 0.340 e. The SMILES string of the molecule is Cn1cnc(S(=O)(=O)N2CCCN(C(=O)CN3C(=O)CCC3=O)CC2)c1. The van der Waals surface area contributed by atoms with E-state index in [9.17, 15) is 22.8 Å². The molecule has 1 aromatic rings. The number of aromatic nitrogens is 2. The average Bonchev–Trinajstić information content (AvgIpc) is 3.05. The van der Waals surface area contributed by atoms with Gasteiger partial charge in [-0.3, -0.25) is 19.3 Å². The zero-order valence-corrected chi connectivity index (χ0v) is 15.3. The monoisotopic (exact) mass is 383 g/mol. The van der Waals surface area contributed by atoms with Gasteiger partial charge in [0, 0.05) is 52.3 Å². The maximum atomic E-state index is 12.6. The molecular formula is C15H21N5O5S. The lowest BCUT2D eigenvalue weighted by Gasteiger charge is -2.23. The fraction of sp³-hybridized carbons (Fsp3) is 0.600. The molecule has 0 N–H and O–H groups in total. The molecule has 2 fully saturated rings. The normalized spacial score (nSPS) is 19.9. The Labute approximate surface area is 151 Å². The molecule has 2 aliphatic heterocycles. The number of amides is 3. The number of nitrogens with zero attached hydrogens (tertiary/aromatic N) is 5. The van der Waals surface area contributed by atoms with E-state index < -0.39 is 10.0 Å². The molecule has 0 radical (unpaired) electrons. The van der Waals surface area contributed by atoms with Gasteiger partial charge in [-0.1, -0.05) is 0 Å². The quantitative estimate of drug-likeness (QED) is 0.603. The van der Waals surface area contributed by atoms with E-state index in [0.717, 1.165) is 4.90 Å². The number of likely N-dealkylation sites (tertiary alicyclic amines) is 1. The van der Waals surface area contributed by atoms with Crippen molar-refractivity contribution in [1.82, 2.24) is 23.7 Å². The number of aryl methyl sites for hydroxylation is 1. The molecule has 2 aliphatic rings. The predicted octanol–water partition coefficient (Wildman–Crippen LogP) is -1.21. The first kappa shape index (κ1) is 18.5. The van der Waals surface area contributed by atoms with Crippen molar-refractivity contribution in [3.63, 3.8) is 0 Å². The van der Waals surface area contributed by atoms with E-state index in [4.69, 9.17) is 0 Å². The lowest BCUT2D eigenvalue weighted by Crippen LogP contribution is -2.44. The Morgan fingerprint density at radius 1 is 1.12 bits per heavy atom. The van der Waals surface area contributed by atoms with E-state index in [1.165, 1.54) is 21.7 Å². The van der Waals surface area contributed by atoms with Gasteiger partial charge in [-0.25, -0.2) is 13.4 Å². The van der Waals surface area contributed by atoms with Gasteiger partial charge >= 0.3 is 0 Å². The van der Waals surface area contributed by atoms with Gasteiger partial charge in [0.05, 0.1) is 6.33 Å². The van der Waals surface area contributed by atoms with E-state index in [-0.39, 0.29) is 61.8 Å². The highest BCUT2D eigenvalue weighted by atomic mass is 32.2. The van der Waals surface area contributed by atoms with Crippen molar-refractivity contribution in [1.29, 1.82) is 0 Å². The summed E-state index contributed by atoms with van der Waals surface area (Å²) in [6.07, 6.45) is 3.61. The van der Waals surface area contributed by atoms with Crippen molar-refractivity contribution in [3.05, 3.63) is 12.5 Å². The predicted molar refractivity (Wildman–Crippen MR) is 89.1 cm³/mol. The molecule has 142 valence electrons. The van der Waals surface area contributed by atoms with Crippen LogP contribution in [0.5, 0.6) is 0 Å². The second kappa shape index (κ2) is 7.16. The molecule has 0 aromatic carbocycles. The molecule has 0 atom stereocenters. The fourth-order valence-corrected chi connectivity index (χ4v) is 4.51. The minimum atomic E-state index is -3.71. The van der Waals surface area contributed by atoms with Crippen molar-refractivity contribution in [2.24, 2.45) is 7.05 Å². The standard InChI is InChI=1S/C15H21N5O5S/c1-17-9-12(16-11-17)26(24,25)19-6-2-5-18(7-8-19)15(23)10-20-13(21)3-4-14(20)22/h9,11H,2-8,10H2,1H3. The summed E-state index contributed by atoms with van der Waals surface area (Å²) in [4.78, 5) is 42.1. The summed E-state index contributed by atoms with van der Waals surface area (Å²) in [5.41, 5.74) is 0. The van der Waals surface area contributed by atoms with Crippen LogP contribution in [0.1, 0.15) is 19.3 Å². The number of imidazole rings is 1. The Morgan fingerprint density at radius 3 is 2.42 bits per heavy atom. The third-order valence-corrected chi connectivity index (χ3v) is 6.33. The molecule has 0 saturated carbocycles. The van der Waals surface area contributed by atoms with E-state index in [1.54, 1.807) is 11.6 Å². The number of hydrogen-bond donors (Lipinski definition) is 0. The number of carbonyl (C=O) groups is 3. The van der Waals surface area contributed by atoms with Gasteiger partial charge in [-0.2, -0.15) is 4.31 Å². The van der Waals surface area contributed by atoms with Gasteiger partial charge in [0.25, 0.3) is 10.0 Å². The molecule has 3 rings (SSSR count). The highest BCUT2D eigenvalue weighted by Crippen LogP contribution is 2.17. The minimum Gasteiger partial charge on any atom is -0.340 e. The van der Waals surface area contributed by atoms with Gasteiger partial charge in [0.2, 0.25) is 17.7 Å². The summed E-state index contributed by atoms with van der Waals surface area (Å²) >= 11 is 0. The summed E-state index contributed by atoms with van der Waals surface area (Å²) < 4.78 is 28.2. The lowest BCUT2D eigenvalue weighted by atomic mass is 10.3.